The van der Waals surface area contributed by atoms with Crippen molar-refractivity contribution in [1.82, 2.24) is 25.4 Å². The lowest BCUT2D eigenvalue weighted by Crippen LogP contribution is -2.25. The molecule has 1 atom stereocenters. The zero-order valence-electron chi connectivity index (χ0n) is 15.6. The lowest BCUT2D eigenvalue weighted by molar-refractivity contribution is -0.121. The smallest absolute Gasteiger partial charge is 0.220 e. The van der Waals surface area contributed by atoms with Crippen molar-refractivity contribution >= 4 is 30.1 Å². The van der Waals surface area contributed by atoms with Gasteiger partial charge in [-0.05, 0) is 50.4 Å². The number of hydrogen-bond donors (Lipinski definition) is 2. The van der Waals surface area contributed by atoms with Gasteiger partial charge in [-0.25, -0.2) is 0 Å². The first-order valence-corrected chi connectivity index (χ1v) is 10.3. The fourth-order valence-corrected chi connectivity index (χ4v) is 3.58. The molecule has 6 nitrogen and oxygen atoms in total. The molecule has 1 amide bonds. The monoisotopic (exact) mass is 389 g/mol. The molecule has 1 aliphatic heterocycles. The Morgan fingerprint density at radius 2 is 2.24 bits per heavy atom. The molecule has 1 saturated heterocycles. The number of amides is 1. The summed E-state index contributed by atoms with van der Waals surface area (Å²) in [5, 5.41) is 15.9. The van der Waals surface area contributed by atoms with Crippen LogP contribution in [0.15, 0.2) is 5.16 Å². The van der Waals surface area contributed by atoms with Crippen molar-refractivity contribution < 1.29 is 4.79 Å². The highest BCUT2D eigenvalue weighted by molar-refractivity contribution is 7.98. The summed E-state index contributed by atoms with van der Waals surface area (Å²) in [6.07, 6.45) is 6.64. The molecule has 1 fully saturated rings. The Hall–Kier alpha value is -0.790. The number of carbonyl (C=O) groups excluding carboxylic acids is 1. The molecule has 0 aromatic carbocycles. The molecule has 144 valence electrons. The van der Waals surface area contributed by atoms with E-state index in [1.165, 1.54) is 6.42 Å². The molecule has 1 unspecified atom stereocenters. The highest BCUT2D eigenvalue weighted by atomic mass is 35.5. The quantitative estimate of drug-likeness (QED) is 0.475. The second-order valence-electron chi connectivity index (χ2n) is 6.96. The Kier molecular flexibility index (Phi) is 10.5. The van der Waals surface area contributed by atoms with Gasteiger partial charge in [0, 0.05) is 25.9 Å². The Labute approximate surface area is 161 Å². The second-order valence-corrected chi connectivity index (χ2v) is 7.73. The van der Waals surface area contributed by atoms with Gasteiger partial charge in [0.15, 0.2) is 5.16 Å². The number of aryl methyl sites for hydroxylation is 1. The molecule has 0 spiro atoms. The van der Waals surface area contributed by atoms with E-state index >= 15 is 0 Å². The topological polar surface area (TPSA) is 71.8 Å². The molecule has 0 bridgehead atoms. The first-order chi connectivity index (χ1) is 11.6. The standard InChI is InChI=1S/C17H31N5OS.ClH/c1-13(2)12-22-15(20-21-17(22)24-3)5-4-9-19-16(23)7-6-14-8-10-18-11-14;/h13-14,18H,4-12H2,1-3H3,(H,19,23);1H. The summed E-state index contributed by atoms with van der Waals surface area (Å²) < 4.78 is 2.21. The third kappa shape index (κ3) is 7.54. The van der Waals surface area contributed by atoms with E-state index < -0.39 is 0 Å². The van der Waals surface area contributed by atoms with Gasteiger partial charge in [0.2, 0.25) is 5.91 Å². The summed E-state index contributed by atoms with van der Waals surface area (Å²) in [6, 6.07) is 0. The Morgan fingerprint density at radius 3 is 2.88 bits per heavy atom. The third-order valence-corrected chi connectivity index (χ3v) is 5.03. The van der Waals surface area contributed by atoms with Crippen LogP contribution >= 0.6 is 24.2 Å². The van der Waals surface area contributed by atoms with Gasteiger partial charge in [-0.2, -0.15) is 0 Å². The molecule has 0 saturated carbocycles. The summed E-state index contributed by atoms with van der Waals surface area (Å²) >= 11 is 1.64. The fraction of sp³-hybridized carbons (Fsp3) is 0.824. The number of aromatic nitrogens is 3. The molecular weight excluding hydrogens is 358 g/mol. The molecule has 0 aliphatic carbocycles. The predicted octanol–water partition coefficient (Wildman–Crippen LogP) is 2.52. The van der Waals surface area contributed by atoms with Gasteiger partial charge in [-0.3, -0.25) is 4.79 Å². The molecular formula is C17H32ClN5OS. The summed E-state index contributed by atoms with van der Waals surface area (Å²) in [6.45, 7) is 8.23. The van der Waals surface area contributed by atoms with Crippen LogP contribution in [0.1, 0.15) is 45.4 Å². The first kappa shape index (κ1) is 22.3. The molecule has 25 heavy (non-hydrogen) atoms. The zero-order valence-corrected chi connectivity index (χ0v) is 17.2. The maximum absolute atomic E-state index is 11.9. The number of thioether (sulfide) groups is 1. The fourth-order valence-electron chi connectivity index (χ4n) is 3.06. The highest BCUT2D eigenvalue weighted by Crippen LogP contribution is 2.17. The van der Waals surface area contributed by atoms with E-state index in [-0.39, 0.29) is 18.3 Å². The van der Waals surface area contributed by atoms with E-state index in [9.17, 15) is 4.79 Å². The van der Waals surface area contributed by atoms with Gasteiger partial charge in [-0.15, -0.1) is 22.6 Å². The van der Waals surface area contributed by atoms with Crippen molar-refractivity contribution in [2.75, 3.05) is 25.9 Å². The van der Waals surface area contributed by atoms with E-state index in [1.54, 1.807) is 11.8 Å². The van der Waals surface area contributed by atoms with Gasteiger partial charge in [0.05, 0.1) is 0 Å². The summed E-state index contributed by atoms with van der Waals surface area (Å²) in [5.74, 6) is 2.44. The number of nitrogens with zero attached hydrogens (tertiary/aromatic N) is 3. The largest absolute Gasteiger partial charge is 0.356 e. The predicted molar refractivity (Wildman–Crippen MR) is 105 cm³/mol. The Morgan fingerprint density at radius 1 is 1.44 bits per heavy atom. The first-order valence-electron chi connectivity index (χ1n) is 9.03. The third-order valence-electron chi connectivity index (χ3n) is 4.37. The lowest BCUT2D eigenvalue weighted by atomic mass is 10.0. The van der Waals surface area contributed by atoms with Crippen LogP contribution in [0.2, 0.25) is 0 Å². The highest BCUT2D eigenvalue weighted by Gasteiger charge is 2.16. The molecule has 2 N–H and O–H groups in total. The van der Waals surface area contributed by atoms with Crippen molar-refractivity contribution in [3.8, 4) is 0 Å². The minimum Gasteiger partial charge on any atom is -0.356 e. The maximum atomic E-state index is 11.9. The molecule has 2 heterocycles. The van der Waals surface area contributed by atoms with Gasteiger partial charge in [0.1, 0.15) is 5.82 Å². The van der Waals surface area contributed by atoms with Crippen LogP contribution < -0.4 is 10.6 Å². The maximum Gasteiger partial charge on any atom is 0.220 e. The number of hydrogen-bond acceptors (Lipinski definition) is 5. The van der Waals surface area contributed by atoms with Gasteiger partial charge >= 0.3 is 0 Å². The second kappa shape index (κ2) is 11.8. The normalized spacial score (nSPS) is 16.9. The van der Waals surface area contributed by atoms with Crippen molar-refractivity contribution in [3.63, 3.8) is 0 Å². The van der Waals surface area contributed by atoms with Gasteiger partial charge in [-0.1, -0.05) is 25.6 Å². The summed E-state index contributed by atoms with van der Waals surface area (Å²) in [7, 11) is 0. The van der Waals surface area contributed by atoms with Crippen LogP contribution in [0.4, 0.5) is 0 Å². The van der Waals surface area contributed by atoms with E-state index in [1.807, 2.05) is 6.26 Å². The lowest BCUT2D eigenvalue weighted by Gasteiger charge is -2.12. The molecule has 2 rings (SSSR count). The van der Waals surface area contributed by atoms with Crippen molar-refractivity contribution in [3.05, 3.63) is 5.82 Å². The average Bonchev–Trinajstić information content (AvgIpc) is 3.19. The minimum atomic E-state index is 0. The van der Waals surface area contributed by atoms with E-state index in [0.29, 0.717) is 24.8 Å². The number of rotatable bonds is 10. The van der Waals surface area contributed by atoms with E-state index in [4.69, 9.17) is 0 Å². The van der Waals surface area contributed by atoms with Gasteiger partial charge in [0.25, 0.3) is 0 Å². The number of carbonyl (C=O) groups is 1. The average molecular weight is 390 g/mol. The van der Waals surface area contributed by atoms with Crippen LogP contribution in [0.25, 0.3) is 0 Å². The van der Waals surface area contributed by atoms with E-state index in [0.717, 1.165) is 49.9 Å². The van der Waals surface area contributed by atoms with E-state index in [2.05, 4.69) is 39.2 Å². The molecule has 1 aliphatic rings. The Bertz CT molecular complexity index is 517. The summed E-state index contributed by atoms with van der Waals surface area (Å²) in [5.41, 5.74) is 0. The Balaban J connectivity index is 0.00000312. The van der Waals surface area contributed by atoms with Crippen molar-refractivity contribution in [1.29, 1.82) is 0 Å². The van der Waals surface area contributed by atoms with Crippen LogP contribution in [-0.2, 0) is 17.8 Å². The molecule has 0 radical (unpaired) electrons. The van der Waals surface area contributed by atoms with Crippen LogP contribution in [0, 0.1) is 11.8 Å². The zero-order chi connectivity index (χ0) is 17.4. The SMILES string of the molecule is CSc1nnc(CCCNC(=O)CCC2CCNC2)n1CC(C)C.Cl. The van der Waals surface area contributed by atoms with Crippen LogP contribution in [0.3, 0.4) is 0 Å². The summed E-state index contributed by atoms with van der Waals surface area (Å²) in [4.78, 5) is 11.9. The van der Waals surface area contributed by atoms with Crippen molar-refractivity contribution in [2.24, 2.45) is 11.8 Å². The minimum absolute atomic E-state index is 0. The molecule has 1 aromatic rings. The number of nitrogens with one attached hydrogen (secondary N) is 2. The molecule has 8 heteroatoms. The molecule has 1 aromatic heterocycles. The number of halogens is 1. The van der Waals surface area contributed by atoms with Crippen LogP contribution in [0.5, 0.6) is 0 Å². The van der Waals surface area contributed by atoms with Gasteiger partial charge < -0.3 is 15.2 Å². The van der Waals surface area contributed by atoms with Crippen molar-refractivity contribution in [2.45, 2.75) is 57.7 Å². The van der Waals surface area contributed by atoms with Crippen LogP contribution in [-0.4, -0.2) is 46.6 Å².